The molecule has 0 N–H and O–H groups in total. The zero-order valence-corrected chi connectivity index (χ0v) is 25.4. The Bertz CT molecular complexity index is 606. The summed E-state index contributed by atoms with van der Waals surface area (Å²) in [5.74, 6) is 0.0103. The predicted octanol–water partition coefficient (Wildman–Crippen LogP) is 9.19. The highest BCUT2D eigenvalue weighted by Gasteiger charge is 2.16. The van der Waals surface area contributed by atoms with Gasteiger partial charge in [-0.2, -0.15) is 0 Å². The van der Waals surface area contributed by atoms with E-state index in [2.05, 4.69) is 6.92 Å². The van der Waals surface area contributed by atoms with Crippen molar-refractivity contribution in [2.75, 3.05) is 0 Å². The summed E-state index contributed by atoms with van der Waals surface area (Å²) in [7, 11) is 0. The highest BCUT2D eigenvalue weighted by molar-refractivity contribution is 6.36. The van der Waals surface area contributed by atoms with E-state index in [0.29, 0.717) is 6.42 Å². The number of carbonyl (C=O) groups excluding carboxylic acids is 4. The van der Waals surface area contributed by atoms with E-state index < -0.39 is 0 Å². The van der Waals surface area contributed by atoms with Crippen LogP contribution in [0.2, 0.25) is 0 Å². The standard InChI is InChI=1S/C13H18O.C8H14O2.C4H8O.3C2H6/c1-3-4-10-13(11(2)14)12-8-6-5-7-9-12;1-4-5-6(2)8(10)7(3)9;1-3-4(2)5;3*1-2/h5-9,13H,3-4,10H2,1-2H3;6H,4-5H2,1-3H3;3H2,1-2H3;3*1-2H3. The molecule has 0 radical (unpaired) electrons. The molecule has 0 aromatic heterocycles. The number of carbonyl (C=O) groups is 4. The lowest BCUT2D eigenvalue weighted by Gasteiger charge is -2.13. The summed E-state index contributed by atoms with van der Waals surface area (Å²) in [5.41, 5.74) is 1.16. The van der Waals surface area contributed by atoms with Crippen LogP contribution >= 0.6 is 0 Å². The SMILES string of the molecule is CC.CC.CC.CCC(C)=O.CCCC(C)C(=O)C(C)=O.CCCCC(C(C)=O)c1ccccc1. The third kappa shape index (κ3) is 29.9. The van der Waals surface area contributed by atoms with E-state index in [-0.39, 0.29) is 35.0 Å². The Morgan fingerprint density at radius 1 is 0.714 bits per heavy atom. The van der Waals surface area contributed by atoms with Crippen LogP contribution in [0.3, 0.4) is 0 Å². The Hall–Kier alpha value is -2.10. The van der Waals surface area contributed by atoms with Gasteiger partial charge in [-0.1, -0.05) is 119 Å². The van der Waals surface area contributed by atoms with Crippen molar-refractivity contribution < 1.29 is 19.2 Å². The van der Waals surface area contributed by atoms with Crippen LogP contribution in [0.25, 0.3) is 0 Å². The van der Waals surface area contributed by atoms with E-state index in [4.69, 9.17) is 0 Å². The average Bonchev–Trinajstić information content (AvgIpc) is 2.88. The summed E-state index contributed by atoms with van der Waals surface area (Å²) in [6.07, 6.45) is 5.70. The minimum absolute atomic E-state index is 0.0810. The van der Waals surface area contributed by atoms with E-state index in [9.17, 15) is 19.2 Å². The second kappa shape index (κ2) is 34.1. The van der Waals surface area contributed by atoms with Crippen LogP contribution in [0.4, 0.5) is 0 Å². The van der Waals surface area contributed by atoms with Crippen molar-refractivity contribution in [3.63, 3.8) is 0 Å². The van der Waals surface area contributed by atoms with Gasteiger partial charge in [-0.25, -0.2) is 0 Å². The van der Waals surface area contributed by atoms with Crippen LogP contribution in [0.1, 0.15) is 140 Å². The van der Waals surface area contributed by atoms with E-state index >= 15 is 0 Å². The zero-order valence-electron chi connectivity index (χ0n) is 25.4. The monoisotopic (exact) mass is 494 g/mol. The van der Waals surface area contributed by atoms with Gasteiger partial charge in [-0.3, -0.25) is 14.4 Å². The fourth-order valence-electron chi connectivity index (χ4n) is 2.61. The van der Waals surface area contributed by atoms with Gasteiger partial charge in [0.1, 0.15) is 11.6 Å². The van der Waals surface area contributed by atoms with Crippen molar-refractivity contribution >= 4 is 23.1 Å². The van der Waals surface area contributed by atoms with Crippen LogP contribution in [-0.2, 0) is 19.2 Å². The Morgan fingerprint density at radius 3 is 1.43 bits per heavy atom. The average molecular weight is 495 g/mol. The molecule has 4 nitrogen and oxygen atoms in total. The maximum atomic E-state index is 11.5. The second-order valence-electron chi connectivity index (χ2n) is 7.38. The lowest BCUT2D eigenvalue weighted by Crippen LogP contribution is -2.18. The largest absolute Gasteiger partial charge is 0.300 e. The van der Waals surface area contributed by atoms with Crippen molar-refractivity contribution in [3.05, 3.63) is 35.9 Å². The molecule has 0 fully saturated rings. The van der Waals surface area contributed by atoms with Gasteiger partial charge in [0.25, 0.3) is 0 Å². The minimum Gasteiger partial charge on any atom is -0.300 e. The molecule has 0 saturated carbocycles. The minimum atomic E-state index is -0.319. The molecule has 2 unspecified atom stereocenters. The summed E-state index contributed by atoms with van der Waals surface area (Å²) in [5, 5.41) is 0. The molecule has 4 heteroatoms. The number of rotatable bonds is 10. The molecule has 0 heterocycles. The molecular weight excluding hydrogens is 436 g/mol. The van der Waals surface area contributed by atoms with E-state index in [0.717, 1.165) is 37.7 Å². The number of hydrogen-bond acceptors (Lipinski definition) is 4. The van der Waals surface area contributed by atoms with Crippen LogP contribution in [0.5, 0.6) is 0 Å². The molecular formula is C31H58O4. The molecule has 0 saturated heterocycles. The van der Waals surface area contributed by atoms with Crippen molar-refractivity contribution in [1.82, 2.24) is 0 Å². The van der Waals surface area contributed by atoms with Gasteiger partial charge in [0.05, 0.1) is 0 Å². The first-order valence-electron chi connectivity index (χ1n) is 13.7. The number of unbranched alkanes of at least 4 members (excludes halogenated alkanes) is 1. The van der Waals surface area contributed by atoms with Crippen LogP contribution < -0.4 is 0 Å². The Morgan fingerprint density at radius 2 is 1.14 bits per heavy atom. The molecule has 0 bridgehead atoms. The van der Waals surface area contributed by atoms with Crippen molar-refractivity contribution in [3.8, 4) is 0 Å². The van der Waals surface area contributed by atoms with Crippen molar-refractivity contribution in [1.29, 1.82) is 0 Å². The number of ketones is 4. The quantitative estimate of drug-likeness (QED) is 0.304. The fourth-order valence-corrected chi connectivity index (χ4v) is 2.61. The molecule has 0 amide bonds. The van der Waals surface area contributed by atoms with Crippen molar-refractivity contribution in [2.45, 2.75) is 134 Å². The van der Waals surface area contributed by atoms with Gasteiger partial charge < -0.3 is 4.79 Å². The molecule has 0 aliphatic carbocycles. The lowest BCUT2D eigenvalue weighted by atomic mass is 9.90. The summed E-state index contributed by atoms with van der Waals surface area (Å²) in [6, 6.07) is 10.1. The third-order valence-electron chi connectivity index (χ3n) is 4.55. The Balaban J connectivity index is -0.000000125. The van der Waals surface area contributed by atoms with Crippen LogP contribution in [-0.4, -0.2) is 23.1 Å². The molecule has 1 aromatic rings. The first-order chi connectivity index (χ1) is 16.6. The van der Waals surface area contributed by atoms with Crippen molar-refractivity contribution in [2.24, 2.45) is 5.92 Å². The van der Waals surface area contributed by atoms with Crippen LogP contribution in [0.15, 0.2) is 30.3 Å². The predicted molar refractivity (Wildman–Crippen MR) is 154 cm³/mol. The Kier molecular flexibility index (Phi) is 41.9. The first kappa shape index (κ1) is 43.0. The normalized spacial score (nSPS) is 10.2. The maximum absolute atomic E-state index is 11.5. The molecule has 2 atom stereocenters. The van der Waals surface area contributed by atoms with Gasteiger partial charge in [0.15, 0.2) is 5.78 Å². The lowest BCUT2D eigenvalue weighted by molar-refractivity contribution is -0.137. The number of Topliss-reactive ketones (excluding diaryl/α,β-unsaturated/α-hetero) is 4. The van der Waals surface area contributed by atoms with Gasteiger partial charge >= 0.3 is 0 Å². The molecule has 1 rings (SSSR count). The molecule has 35 heavy (non-hydrogen) atoms. The summed E-state index contributed by atoms with van der Waals surface area (Å²) in [4.78, 5) is 42.7. The third-order valence-corrected chi connectivity index (χ3v) is 4.55. The fraction of sp³-hybridized carbons (Fsp3) is 0.677. The van der Waals surface area contributed by atoms with Gasteiger partial charge in [-0.05, 0) is 32.3 Å². The highest BCUT2D eigenvalue weighted by atomic mass is 16.2. The van der Waals surface area contributed by atoms with E-state index in [1.165, 1.54) is 6.92 Å². The summed E-state index contributed by atoms with van der Waals surface area (Å²) >= 11 is 0. The Labute approximate surface area is 218 Å². The zero-order chi connectivity index (χ0) is 28.8. The summed E-state index contributed by atoms with van der Waals surface area (Å²) < 4.78 is 0. The molecule has 206 valence electrons. The topological polar surface area (TPSA) is 68.3 Å². The molecule has 1 aromatic carbocycles. The molecule has 0 spiro atoms. The smallest absolute Gasteiger partial charge is 0.200 e. The highest BCUT2D eigenvalue weighted by Crippen LogP contribution is 2.22. The maximum Gasteiger partial charge on any atom is 0.200 e. The molecule has 0 aliphatic rings. The number of benzene rings is 1. The van der Waals surface area contributed by atoms with Gasteiger partial charge in [-0.15, -0.1) is 0 Å². The van der Waals surface area contributed by atoms with Crippen LogP contribution in [0, 0.1) is 5.92 Å². The second-order valence-corrected chi connectivity index (χ2v) is 7.38. The van der Waals surface area contributed by atoms with Gasteiger partial charge in [0, 0.05) is 25.2 Å². The summed E-state index contributed by atoms with van der Waals surface area (Å²) in [6.45, 7) is 24.4. The first-order valence-corrected chi connectivity index (χ1v) is 13.7. The van der Waals surface area contributed by atoms with E-state index in [1.54, 1.807) is 20.8 Å². The number of hydrogen-bond donors (Lipinski definition) is 0. The van der Waals surface area contributed by atoms with Gasteiger partial charge in [0.2, 0.25) is 5.78 Å². The van der Waals surface area contributed by atoms with E-state index in [1.807, 2.05) is 85.7 Å². The molecule has 0 aliphatic heterocycles.